The average Bonchev–Trinajstić information content (AvgIpc) is 3.25. The van der Waals surface area contributed by atoms with Gasteiger partial charge in [-0.05, 0) is 48.7 Å². The number of benzene rings is 2. The molecule has 0 bridgehead atoms. The molecule has 0 saturated heterocycles. The van der Waals surface area contributed by atoms with Crippen LogP contribution in [0.5, 0.6) is 23.0 Å². The van der Waals surface area contributed by atoms with Crippen molar-refractivity contribution in [3.63, 3.8) is 0 Å². The van der Waals surface area contributed by atoms with Crippen LogP contribution in [0.1, 0.15) is 42.5 Å². The van der Waals surface area contributed by atoms with Crippen molar-refractivity contribution in [2.75, 3.05) is 34.1 Å². The fourth-order valence-corrected chi connectivity index (χ4v) is 4.46. The van der Waals surface area contributed by atoms with E-state index in [-0.39, 0.29) is 18.6 Å². The molecule has 2 aromatic rings. The van der Waals surface area contributed by atoms with Gasteiger partial charge in [0.25, 0.3) is 0 Å². The standard InChI is InChI=1S/C24H29NO5/c1-4-25-12-11-17-13-21-23(30-15-29-21)24(28-3)22(17)20(25)14-18(26)8-5-16-6-9-19(27-2)10-7-16/h6-7,9-10,13,20H,4-5,8,11-12,14-15H2,1-3H3. The quantitative estimate of drug-likeness (QED) is 0.656. The number of carbonyl (C=O) groups excluding carboxylic acids is 1. The Hall–Kier alpha value is -2.73. The monoisotopic (exact) mass is 411 g/mol. The number of Topliss-reactive ketones (excluding diaryl/α,β-unsaturated/α-hetero) is 1. The fraction of sp³-hybridized carbons (Fsp3) is 0.458. The summed E-state index contributed by atoms with van der Waals surface area (Å²) in [5.74, 6) is 3.19. The van der Waals surface area contributed by atoms with Gasteiger partial charge in [0.05, 0.1) is 14.2 Å². The van der Waals surface area contributed by atoms with Crippen LogP contribution in [0.25, 0.3) is 0 Å². The van der Waals surface area contributed by atoms with E-state index in [1.165, 1.54) is 5.56 Å². The average molecular weight is 411 g/mol. The van der Waals surface area contributed by atoms with Crippen LogP contribution in [0, 0.1) is 0 Å². The lowest BCUT2D eigenvalue weighted by Gasteiger charge is -2.37. The second kappa shape index (κ2) is 8.96. The molecule has 4 rings (SSSR count). The summed E-state index contributed by atoms with van der Waals surface area (Å²) in [4.78, 5) is 15.3. The van der Waals surface area contributed by atoms with E-state index in [1.807, 2.05) is 24.3 Å². The van der Waals surface area contributed by atoms with E-state index in [1.54, 1.807) is 14.2 Å². The minimum Gasteiger partial charge on any atom is -0.497 e. The van der Waals surface area contributed by atoms with Gasteiger partial charge in [0.15, 0.2) is 11.5 Å². The van der Waals surface area contributed by atoms with E-state index in [4.69, 9.17) is 18.9 Å². The minimum atomic E-state index is -0.00781. The third-order valence-corrected chi connectivity index (χ3v) is 6.07. The summed E-state index contributed by atoms with van der Waals surface area (Å²) in [5, 5.41) is 0. The van der Waals surface area contributed by atoms with Gasteiger partial charge in [0.2, 0.25) is 12.5 Å². The molecule has 160 valence electrons. The molecule has 2 heterocycles. The molecule has 0 aliphatic carbocycles. The van der Waals surface area contributed by atoms with E-state index < -0.39 is 0 Å². The van der Waals surface area contributed by atoms with Gasteiger partial charge in [-0.1, -0.05) is 19.1 Å². The summed E-state index contributed by atoms with van der Waals surface area (Å²) in [7, 11) is 3.31. The summed E-state index contributed by atoms with van der Waals surface area (Å²) in [6.07, 6.45) is 2.62. The molecule has 6 nitrogen and oxygen atoms in total. The topological polar surface area (TPSA) is 57.2 Å². The number of hydrogen-bond acceptors (Lipinski definition) is 6. The number of aryl methyl sites for hydroxylation is 1. The minimum absolute atomic E-state index is 0.00781. The first-order valence-corrected chi connectivity index (χ1v) is 10.5. The zero-order valence-corrected chi connectivity index (χ0v) is 17.9. The first kappa shape index (κ1) is 20.5. The summed E-state index contributed by atoms with van der Waals surface area (Å²) in [6.45, 7) is 4.15. The Bertz CT molecular complexity index is 909. The smallest absolute Gasteiger partial charge is 0.231 e. The van der Waals surface area contributed by atoms with Crippen molar-refractivity contribution in [3.05, 3.63) is 47.0 Å². The number of nitrogens with zero attached hydrogens (tertiary/aromatic N) is 1. The Balaban J connectivity index is 1.53. The third-order valence-electron chi connectivity index (χ3n) is 6.07. The first-order chi connectivity index (χ1) is 14.6. The van der Waals surface area contributed by atoms with Gasteiger partial charge < -0.3 is 18.9 Å². The van der Waals surface area contributed by atoms with Crippen molar-refractivity contribution >= 4 is 5.78 Å². The summed E-state index contributed by atoms with van der Waals surface area (Å²) in [5.41, 5.74) is 3.41. The zero-order valence-electron chi connectivity index (χ0n) is 17.9. The Morgan fingerprint density at radius 3 is 2.67 bits per heavy atom. The highest BCUT2D eigenvalue weighted by Crippen LogP contribution is 2.50. The maximum atomic E-state index is 13.0. The van der Waals surface area contributed by atoms with Gasteiger partial charge >= 0.3 is 0 Å². The van der Waals surface area contributed by atoms with Gasteiger partial charge in [-0.2, -0.15) is 0 Å². The van der Waals surface area contributed by atoms with Crippen molar-refractivity contribution in [2.24, 2.45) is 0 Å². The Morgan fingerprint density at radius 1 is 1.17 bits per heavy atom. The van der Waals surface area contributed by atoms with Crippen molar-refractivity contribution in [1.82, 2.24) is 4.90 Å². The lowest BCUT2D eigenvalue weighted by atomic mass is 9.87. The fourth-order valence-electron chi connectivity index (χ4n) is 4.46. The maximum Gasteiger partial charge on any atom is 0.231 e. The molecule has 2 aliphatic heterocycles. The van der Waals surface area contributed by atoms with Crippen LogP contribution in [-0.4, -0.2) is 44.8 Å². The van der Waals surface area contributed by atoms with Crippen molar-refractivity contribution in [2.45, 2.75) is 38.6 Å². The number of fused-ring (bicyclic) bond motifs is 2. The molecule has 6 heteroatoms. The van der Waals surface area contributed by atoms with E-state index in [9.17, 15) is 4.79 Å². The molecule has 2 aromatic carbocycles. The van der Waals surface area contributed by atoms with Gasteiger partial charge in [-0.3, -0.25) is 9.69 Å². The van der Waals surface area contributed by atoms with Crippen molar-refractivity contribution in [3.8, 4) is 23.0 Å². The van der Waals surface area contributed by atoms with Crippen LogP contribution in [-0.2, 0) is 17.6 Å². The lowest BCUT2D eigenvalue weighted by Crippen LogP contribution is -2.36. The van der Waals surface area contributed by atoms with Crippen LogP contribution in [0.4, 0.5) is 0 Å². The molecule has 0 aromatic heterocycles. The number of carbonyl (C=O) groups is 1. The van der Waals surface area contributed by atoms with Gasteiger partial charge in [0, 0.05) is 31.0 Å². The molecule has 1 atom stereocenters. The van der Waals surface area contributed by atoms with Crippen LogP contribution >= 0.6 is 0 Å². The number of ether oxygens (including phenoxy) is 4. The Kier molecular flexibility index (Phi) is 6.13. The largest absolute Gasteiger partial charge is 0.497 e. The predicted octanol–water partition coefficient (Wildman–Crippen LogP) is 3.94. The van der Waals surface area contributed by atoms with Crippen LogP contribution in [0.2, 0.25) is 0 Å². The number of rotatable bonds is 8. The van der Waals surface area contributed by atoms with Gasteiger partial charge in [-0.15, -0.1) is 0 Å². The molecule has 2 aliphatic rings. The normalized spacial score (nSPS) is 17.5. The third kappa shape index (κ3) is 3.97. The molecule has 0 radical (unpaired) electrons. The summed E-state index contributed by atoms with van der Waals surface area (Å²) >= 11 is 0. The number of likely N-dealkylation sites (N-methyl/N-ethyl adjacent to an activating group) is 1. The number of methoxy groups -OCH3 is 2. The maximum absolute atomic E-state index is 13.0. The highest BCUT2D eigenvalue weighted by molar-refractivity contribution is 5.80. The van der Waals surface area contributed by atoms with Gasteiger partial charge in [-0.25, -0.2) is 0 Å². The molecule has 0 amide bonds. The first-order valence-electron chi connectivity index (χ1n) is 10.5. The lowest BCUT2D eigenvalue weighted by molar-refractivity contribution is -0.120. The summed E-state index contributed by atoms with van der Waals surface area (Å²) in [6, 6.07) is 9.95. The highest BCUT2D eigenvalue weighted by Gasteiger charge is 2.35. The molecular weight excluding hydrogens is 382 g/mol. The SMILES string of the molecule is CCN1CCc2cc3c(c(OC)c2C1CC(=O)CCc1ccc(OC)cc1)OCO3. The van der Waals surface area contributed by atoms with Crippen molar-refractivity contribution < 1.29 is 23.7 Å². The van der Waals surface area contributed by atoms with Crippen LogP contribution in [0.3, 0.4) is 0 Å². The van der Waals surface area contributed by atoms with E-state index in [0.29, 0.717) is 24.3 Å². The van der Waals surface area contributed by atoms with Crippen LogP contribution < -0.4 is 18.9 Å². The highest BCUT2D eigenvalue weighted by atomic mass is 16.7. The molecule has 0 spiro atoms. The van der Waals surface area contributed by atoms with E-state index in [0.717, 1.165) is 48.6 Å². The van der Waals surface area contributed by atoms with E-state index >= 15 is 0 Å². The second-order valence-corrected chi connectivity index (χ2v) is 7.70. The number of hydrogen-bond donors (Lipinski definition) is 0. The number of ketones is 1. The zero-order chi connectivity index (χ0) is 21.1. The molecule has 1 unspecified atom stereocenters. The predicted molar refractivity (Wildman–Crippen MR) is 114 cm³/mol. The molecule has 0 saturated carbocycles. The van der Waals surface area contributed by atoms with Gasteiger partial charge in [0.1, 0.15) is 11.5 Å². The summed E-state index contributed by atoms with van der Waals surface area (Å²) < 4.78 is 22.2. The second-order valence-electron chi connectivity index (χ2n) is 7.70. The molecule has 0 N–H and O–H groups in total. The molecule has 30 heavy (non-hydrogen) atoms. The van der Waals surface area contributed by atoms with Crippen molar-refractivity contribution in [1.29, 1.82) is 0 Å². The van der Waals surface area contributed by atoms with E-state index in [2.05, 4.69) is 17.9 Å². The Labute approximate surface area is 177 Å². The van der Waals surface area contributed by atoms with Crippen LogP contribution in [0.15, 0.2) is 30.3 Å². The molecule has 0 fully saturated rings. The molecular formula is C24H29NO5. The Morgan fingerprint density at radius 2 is 1.97 bits per heavy atom.